The van der Waals surface area contributed by atoms with Crippen LogP contribution in [0.3, 0.4) is 0 Å². The first-order chi connectivity index (χ1) is 10.2. The van der Waals surface area contributed by atoms with E-state index in [-0.39, 0.29) is 5.91 Å². The summed E-state index contributed by atoms with van der Waals surface area (Å²) in [6, 6.07) is 8.26. The molecule has 0 spiro atoms. The molecule has 1 aliphatic carbocycles. The normalized spacial score (nSPS) is 25.3. The second-order valence-corrected chi connectivity index (χ2v) is 6.31. The Balaban J connectivity index is 1.86. The molecule has 2 atom stereocenters. The van der Waals surface area contributed by atoms with Gasteiger partial charge in [-0.25, -0.2) is 0 Å². The molecule has 0 aromatic heterocycles. The third-order valence-corrected chi connectivity index (χ3v) is 4.69. The second-order valence-electron chi connectivity index (χ2n) is 6.31. The predicted molar refractivity (Wildman–Crippen MR) is 83.0 cm³/mol. The fourth-order valence-corrected chi connectivity index (χ4v) is 3.75. The Bertz CT molecular complexity index is 576. The minimum absolute atomic E-state index is 0.180. The maximum atomic E-state index is 11.6. The number of amides is 1. The highest BCUT2D eigenvalue weighted by atomic mass is 16.5. The molecule has 0 fully saturated rings. The van der Waals surface area contributed by atoms with E-state index in [1.54, 1.807) is 7.11 Å². The number of hydrogen-bond donors (Lipinski definition) is 1. The molecule has 3 heteroatoms. The van der Waals surface area contributed by atoms with Crippen LogP contribution in [-0.2, 0) is 11.2 Å². The van der Waals surface area contributed by atoms with Crippen molar-refractivity contribution in [2.45, 2.75) is 39.0 Å². The van der Waals surface area contributed by atoms with Crippen LogP contribution >= 0.6 is 0 Å². The smallest absolute Gasteiger partial charge is 0.224 e. The number of benzene rings is 1. The van der Waals surface area contributed by atoms with Crippen molar-refractivity contribution >= 4 is 5.91 Å². The maximum absolute atomic E-state index is 11.6. The lowest BCUT2D eigenvalue weighted by atomic mass is 9.74. The Hall–Kier alpha value is -1.77. The summed E-state index contributed by atoms with van der Waals surface area (Å²) in [4.78, 5) is 11.6. The molecule has 0 unspecified atom stereocenters. The topological polar surface area (TPSA) is 38.3 Å². The molecule has 0 saturated heterocycles. The predicted octanol–water partition coefficient (Wildman–Crippen LogP) is 3.45. The van der Waals surface area contributed by atoms with Gasteiger partial charge in [-0.3, -0.25) is 4.79 Å². The van der Waals surface area contributed by atoms with E-state index >= 15 is 0 Å². The van der Waals surface area contributed by atoms with E-state index in [4.69, 9.17) is 4.74 Å². The molecule has 0 saturated carbocycles. The van der Waals surface area contributed by atoms with E-state index in [0.717, 1.165) is 25.0 Å². The van der Waals surface area contributed by atoms with Gasteiger partial charge in [-0.05, 0) is 54.7 Å². The van der Waals surface area contributed by atoms with Crippen molar-refractivity contribution in [2.24, 2.45) is 11.8 Å². The molecule has 0 bridgehead atoms. The molecule has 112 valence electrons. The largest absolute Gasteiger partial charge is 0.496 e. The number of para-hydroxylation sites is 1. The number of rotatable bonds is 3. The van der Waals surface area contributed by atoms with Crippen LogP contribution in [-0.4, -0.2) is 13.0 Å². The standard InChI is InChI=1S/C18H23NO2/c1-12-9-14(11-13-5-3-4-6-17(13)21-2)15-7-8-18(20)19-16(15)10-12/h3-6,12,14H,7-11H2,1-2H3,(H,19,20)/t12-,14+/m1/s1. The zero-order valence-electron chi connectivity index (χ0n) is 12.8. The Morgan fingerprint density at radius 2 is 2.10 bits per heavy atom. The van der Waals surface area contributed by atoms with Crippen molar-refractivity contribution in [3.63, 3.8) is 0 Å². The third-order valence-electron chi connectivity index (χ3n) is 4.69. The van der Waals surface area contributed by atoms with Crippen molar-refractivity contribution in [1.29, 1.82) is 0 Å². The van der Waals surface area contributed by atoms with Gasteiger partial charge in [-0.15, -0.1) is 0 Å². The van der Waals surface area contributed by atoms with Crippen LogP contribution in [0, 0.1) is 11.8 Å². The molecule has 1 N–H and O–H groups in total. The summed E-state index contributed by atoms with van der Waals surface area (Å²) in [5.41, 5.74) is 3.94. The molecule has 3 nitrogen and oxygen atoms in total. The van der Waals surface area contributed by atoms with E-state index < -0.39 is 0 Å². The molecule has 1 aromatic rings. The van der Waals surface area contributed by atoms with Crippen molar-refractivity contribution < 1.29 is 9.53 Å². The molecule has 3 rings (SSSR count). The SMILES string of the molecule is COc1ccccc1C[C@@H]1C[C@@H](C)CC2=C1CCC(=O)N2. The molecule has 1 heterocycles. The van der Waals surface area contributed by atoms with Gasteiger partial charge in [0.05, 0.1) is 7.11 Å². The van der Waals surface area contributed by atoms with Crippen LogP contribution in [0.1, 0.15) is 38.2 Å². The summed E-state index contributed by atoms with van der Waals surface area (Å²) in [7, 11) is 1.73. The minimum atomic E-state index is 0.180. The first kappa shape index (κ1) is 14.2. The highest BCUT2D eigenvalue weighted by Crippen LogP contribution is 2.39. The zero-order valence-corrected chi connectivity index (χ0v) is 12.8. The number of carbonyl (C=O) groups excluding carboxylic acids is 1. The van der Waals surface area contributed by atoms with Crippen LogP contribution in [0.25, 0.3) is 0 Å². The van der Waals surface area contributed by atoms with Gasteiger partial charge in [-0.2, -0.15) is 0 Å². The highest BCUT2D eigenvalue weighted by molar-refractivity contribution is 5.79. The fourth-order valence-electron chi connectivity index (χ4n) is 3.75. The van der Waals surface area contributed by atoms with Crippen LogP contribution < -0.4 is 10.1 Å². The van der Waals surface area contributed by atoms with Gasteiger partial charge in [0, 0.05) is 12.1 Å². The first-order valence-corrected chi connectivity index (χ1v) is 7.81. The van der Waals surface area contributed by atoms with E-state index in [2.05, 4.69) is 24.4 Å². The highest BCUT2D eigenvalue weighted by Gasteiger charge is 2.31. The van der Waals surface area contributed by atoms with Gasteiger partial charge in [0.15, 0.2) is 0 Å². The molecule has 1 aromatic carbocycles. The van der Waals surface area contributed by atoms with Crippen molar-refractivity contribution in [2.75, 3.05) is 7.11 Å². The van der Waals surface area contributed by atoms with Crippen molar-refractivity contribution in [1.82, 2.24) is 5.32 Å². The van der Waals surface area contributed by atoms with E-state index in [1.807, 2.05) is 12.1 Å². The van der Waals surface area contributed by atoms with Gasteiger partial charge >= 0.3 is 0 Å². The number of methoxy groups -OCH3 is 1. The average molecular weight is 285 g/mol. The number of hydrogen-bond acceptors (Lipinski definition) is 2. The Morgan fingerprint density at radius 1 is 1.29 bits per heavy atom. The third kappa shape index (κ3) is 2.97. The van der Waals surface area contributed by atoms with Crippen molar-refractivity contribution in [3.05, 3.63) is 41.1 Å². The monoisotopic (exact) mass is 285 g/mol. The molecule has 1 amide bonds. The quantitative estimate of drug-likeness (QED) is 0.923. The lowest BCUT2D eigenvalue weighted by molar-refractivity contribution is -0.121. The maximum Gasteiger partial charge on any atom is 0.224 e. The summed E-state index contributed by atoms with van der Waals surface area (Å²) in [5.74, 6) is 2.30. The number of carbonyl (C=O) groups is 1. The molecule has 1 aliphatic heterocycles. The van der Waals surface area contributed by atoms with Crippen molar-refractivity contribution in [3.8, 4) is 5.75 Å². The van der Waals surface area contributed by atoms with Gasteiger partial charge in [0.2, 0.25) is 5.91 Å². The first-order valence-electron chi connectivity index (χ1n) is 7.81. The number of allylic oxidation sites excluding steroid dienone is 2. The van der Waals surface area contributed by atoms with Gasteiger partial charge in [0.25, 0.3) is 0 Å². The molecular formula is C18H23NO2. The van der Waals surface area contributed by atoms with Crippen LogP contribution in [0.5, 0.6) is 5.75 Å². The van der Waals surface area contributed by atoms with Gasteiger partial charge in [0.1, 0.15) is 5.75 Å². The lowest BCUT2D eigenvalue weighted by Crippen LogP contribution is -2.34. The molecule has 0 radical (unpaired) electrons. The summed E-state index contributed by atoms with van der Waals surface area (Å²) in [6.07, 6.45) is 4.78. The second kappa shape index (κ2) is 5.92. The molecular weight excluding hydrogens is 262 g/mol. The average Bonchev–Trinajstić information content (AvgIpc) is 2.47. The van der Waals surface area contributed by atoms with Gasteiger partial charge in [-0.1, -0.05) is 25.1 Å². The van der Waals surface area contributed by atoms with E-state index in [9.17, 15) is 4.79 Å². The molecule has 2 aliphatic rings. The summed E-state index contributed by atoms with van der Waals surface area (Å²) in [5, 5.41) is 3.10. The Morgan fingerprint density at radius 3 is 2.90 bits per heavy atom. The van der Waals surface area contributed by atoms with E-state index in [0.29, 0.717) is 18.3 Å². The summed E-state index contributed by atoms with van der Waals surface area (Å²) >= 11 is 0. The fraction of sp³-hybridized carbons (Fsp3) is 0.500. The molecule has 21 heavy (non-hydrogen) atoms. The minimum Gasteiger partial charge on any atom is -0.496 e. The number of ether oxygens (including phenoxy) is 1. The summed E-state index contributed by atoms with van der Waals surface area (Å²) in [6.45, 7) is 2.28. The van der Waals surface area contributed by atoms with Gasteiger partial charge < -0.3 is 10.1 Å². The van der Waals surface area contributed by atoms with E-state index in [1.165, 1.54) is 23.3 Å². The number of nitrogens with one attached hydrogen (secondary N) is 1. The Labute approximate surface area is 126 Å². The Kier molecular flexibility index (Phi) is 4.00. The lowest BCUT2D eigenvalue weighted by Gasteiger charge is -2.35. The van der Waals surface area contributed by atoms with Crippen LogP contribution in [0.4, 0.5) is 0 Å². The summed E-state index contributed by atoms with van der Waals surface area (Å²) < 4.78 is 5.48. The van der Waals surface area contributed by atoms with Crippen LogP contribution in [0.2, 0.25) is 0 Å². The zero-order chi connectivity index (χ0) is 14.8. The van der Waals surface area contributed by atoms with Crippen LogP contribution in [0.15, 0.2) is 35.5 Å².